The van der Waals surface area contributed by atoms with Gasteiger partial charge < -0.3 is 4.74 Å². The van der Waals surface area contributed by atoms with E-state index in [0.717, 1.165) is 46.9 Å². The van der Waals surface area contributed by atoms with Crippen LogP contribution in [0.3, 0.4) is 0 Å². The predicted octanol–water partition coefficient (Wildman–Crippen LogP) is 6.55. The highest BCUT2D eigenvalue weighted by molar-refractivity contribution is 7.16. The average molecular weight is 568 g/mol. The van der Waals surface area contributed by atoms with Gasteiger partial charge in [0.25, 0.3) is 5.91 Å². The molecule has 0 radical (unpaired) electrons. The lowest BCUT2D eigenvalue weighted by molar-refractivity contribution is 0.0743. The Balaban J connectivity index is 0.00000361. The molecule has 0 spiro atoms. The predicted molar refractivity (Wildman–Crippen MR) is 150 cm³/mol. The highest BCUT2D eigenvalue weighted by Gasteiger charge is 2.25. The van der Waals surface area contributed by atoms with Gasteiger partial charge in [0.1, 0.15) is 6.61 Å². The molecule has 1 amide bonds. The number of nitrogens with one attached hydrogen (secondary N) is 1. The van der Waals surface area contributed by atoms with Crippen LogP contribution < -0.4 is 5.43 Å². The van der Waals surface area contributed by atoms with Gasteiger partial charge in [-0.3, -0.25) is 10.2 Å². The van der Waals surface area contributed by atoms with Crippen molar-refractivity contribution in [1.82, 2.24) is 20.2 Å². The number of rotatable bonds is 6. The lowest BCUT2D eigenvalue weighted by atomic mass is 10.1. The summed E-state index contributed by atoms with van der Waals surface area (Å²) >= 11 is 14.2. The number of thiophene rings is 1. The first kappa shape index (κ1) is 28.5. The number of amides is 1. The van der Waals surface area contributed by atoms with Crippen LogP contribution in [0, 0.1) is 18.8 Å². The third-order valence-electron chi connectivity index (χ3n) is 5.63. The Morgan fingerprint density at radius 1 is 1.19 bits per heavy atom. The molecule has 0 saturated carbocycles. The molecule has 0 aliphatic carbocycles. The van der Waals surface area contributed by atoms with E-state index in [9.17, 15) is 4.79 Å². The summed E-state index contributed by atoms with van der Waals surface area (Å²) in [6.45, 7) is 7.94. The molecule has 192 valence electrons. The quantitative estimate of drug-likeness (QED) is 0.343. The molecule has 1 aliphatic heterocycles. The number of carbonyl (C=O) groups is 1. The molecule has 1 fully saturated rings. The van der Waals surface area contributed by atoms with E-state index in [4.69, 9.17) is 33.0 Å². The van der Waals surface area contributed by atoms with E-state index in [-0.39, 0.29) is 24.4 Å². The van der Waals surface area contributed by atoms with Crippen LogP contribution in [0.25, 0.3) is 16.3 Å². The van der Waals surface area contributed by atoms with Crippen molar-refractivity contribution in [2.24, 2.45) is 0 Å². The molecule has 10 heteroatoms. The number of aromatic nitrogens is 2. The van der Waals surface area contributed by atoms with Crippen LogP contribution in [0.4, 0.5) is 0 Å². The summed E-state index contributed by atoms with van der Waals surface area (Å²) in [7, 11) is 0. The normalized spacial score (nSPS) is 13.7. The summed E-state index contributed by atoms with van der Waals surface area (Å²) in [6.07, 6.45) is 3.46. The van der Waals surface area contributed by atoms with Crippen molar-refractivity contribution in [2.45, 2.75) is 46.1 Å². The molecule has 0 atom stereocenters. The number of halogens is 3. The largest absolute Gasteiger partial charge is 0.366 e. The standard InChI is InChI=1S/C26H28Cl2N4O2S.ClH/c1-17(2)34-15-7-8-20-10-12-23(35-20)25-18(3)24(26(33)30-31-13-5-4-6-14-31)29-32(25)22-11-9-19(27)16-21(22)28;/h9-12,16-17H,4-6,13-15H2,1-3H3,(H,30,33);1H. The molecule has 1 aliphatic rings. The molecule has 1 saturated heterocycles. The van der Waals surface area contributed by atoms with Crippen molar-refractivity contribution < 1.29 is 9.53 Å². The third kappa shape index (κ3) is 6.83. The monoisotopic (exact) mass is 566 g/mol. The molecule has 1 aromatic carbocycles. The van der Waals surface area contributed by atoms with Gasteiger partial charge in [-0.25, -0.2) is 9.69 Å². The van der Waals surface area contributed by atoms with Gasteiger partial charge in [0, 0.05) is 23.7 Å². The minimum absolute atomic E-state index is 0. The van der Waals surface area contributed by atoms with Crippen molar-refractivity contribution >= 4 is 52.9 Å². The number of carbonyl (C=O) groups excluding carboxylic acids is 1. The number of hydrogen-bond donors (Lipinski definition) is 1. The molecular formula is C26H29Cl3N4O2S. The second kappa shape index (κ2) is 13.0. The number of ether oxygens (including phenoxy) is 1. The second-order valence-electron chi connectivity index (χ2n) is 8.64. The van der Waals surface area contributed by atoms with Gasteiger partial charge in [0.15, 0.2) is 5.69 Å². The van der Waals surface area contributed by atoms with Crippen LogP contribution in [0.5, 0.6) is 0 Å². The van der Waals surface area contributed by atoms with Crippen LogP contribution in [-0.4, -0.2) is 46.5 Å². The van der Waals surface area contributed by atoms with E-state index in [2.05, 4.69) is 17.3 Å². The van der Waals surface area contributed by atoms with Crippen molar-refractivity contribution in [3.05, 3.63) is 56.5 Å². The number of nitrogens with zero attached hydrogens (tertiary/aromatic N) is 3. The molecule has 6 nitrogen and oxygen atoms in total. The number of hydrazine groups is 1. The van der Waals surface area contributed by atoms with E-state index in [0.29, 0.717) is 28.0 Å². The summed E-state index contributed by atoms with van der Waals surface area (Å²) in [5.41, 5.74) is 5.61. The molecule has 0 bridgehead atoms. The zero-order valence-corrected chi connectivity index (χ0v) is 23.6. The fraction of sp³-hybridized carbons (Fsp3) is 0.385. The summed E-state index contributed by atoms with van der Waals surface area (Å²) < 4.78 is 7.24. The summed E-state index contributed by atoms with van der Waals surface area (Å²) in [5, 5.41) is 7.67. The fourth-order valence-electron chi connectivity index (χ4n) is 3.89. The molecule has 36 heavy (non-hydrogen) atoms. The van der Waals surface area contributed by atoms with Crippen LogP contribution in [0.1, 0.15) is 54.0 Å². The highest BCUT2D eigenvalue weighted by Crippen LogP contribution is 2.36. The van der Waals surface area contributed by atoms with Crippen LogP contribution in [0.15, 0.2) is 30.3 Å². The number of benzene rings is 1. The minimum Gasteiger partial charge on any atom is -0.366 e. The third-order valence-corrected chi connectivity index (χ3v) is 7.18. The lowest BCUT2D eigenvalue weighted by Crippen LogP contribution is -2.45. The van der Waals surface area contributed by atoms with Crippen molar-refractivity contribution in [3.63, 3.8) is 0 Å². The Kier molecular flexibility index (Phi) is 10.3. The molecule has 0 unspecified atom stereocenters. The molecule has 2 aromatic heterocycles. The summed E-state index contributed by atoms with van der Waals surface area (Å²) in [5.74, 6) is 5.98. The number of piperidine rings is 1. The van der Waals surface area contributed by atoms with E-state index >= 15 is 0 Å². The van der Waals surface area contributed by atoms with Crippen molar-refractivity contribution in [2.75, 3.05) is 19.7 Å². The summed E-state index contributed by atoms with van der Waals surface area (Å²) in [4.78, 5) is 15.1. The first-order chi connectivity index (χ1) is 16.8. The Morgan fingerprint density at radius 2 is 1.94 bits per heavy atom. The van der Waals surface area contributed by atoms with Crippen molar-refractivity contribution in [3.8, 4) is 28.1 Å². The van der Waals surface area contributed by atoms with Gasteiger partial charge >= 0.3 is 0 Å². The van der Waals surface area contributed by atoms with E-state index in [1.165, 1.54) is 17.8 Å². The van der Waals surface area contributed by atoms with Crippen molar-refractivity contribution in [1.29, 1.82) is 0 Å². The minimum atomic E-state index is -0.225. The molecular weight excluding hydrogens is 539 g/mol. The first-order valence-electron chi connectivity index (χ1n) is 11.6. The van der Waals surface area contributed by atoms with E-state index in [1.54, 1.807) is 16.8 Å². The summed E-state index contributed by atoms with van der Waals surface area (Å²) in [6, 6.07) is 9.21. The van der Waals surface area contributed by atoms with E-state index < -0.39 is 0 Å². The van der Waals surface area contributed by atoms with Gasteiger partial charge in [-0.1, -0.05) is 41.5 Å². The zero-order chi connectivity index (χ0) is 24.9. The lowest BCUT2D eigenvalue weighted by Gasteiger charge is -2.26. The Hall–Kier alpha value is -2.05. The zero-order valence-electron chi connectivity index (χ0n) is 20.4. The topological polar surface area (TPSA) is 59.4 Å². The smallest absolute Gasteiger partial charge is 0.286 e. The molecule has 4 rings (SSSR count). The van der Waals surface area contributed by atoms with Gasteiger partial charge in [-0.15, -0.1) is 23.7 Å². The molecule has 1 N–H and O–H groups in total. The maximum Gasteiger partial charge on any atom is 0.286 e. The Bertz CT molecular complexity index is 1270. The van der Waals surface area contributed by atoms with Crippen LogP contribution in [-0.2, 0) is 4.74 Å². The Morgan fingerprint density at radius 3 is 2.64 bits per heavy atom. The molecule has 3 aromatic rings. The second-order valence-corrected chi connectivity index (χ2v) is 10.6. The van der Waals surface area contributed by atoms with Crippen LogP contribution >= 0.6 is 46.9 Å². The number of hydrogen-bond acceptors (Lipinski definition) is 5. The average Bonchev–Trinajstić information content (AvgIpc) is 3.41. The van der Waals surface area contributed by atoms with Gasteiger partial charge in [-0.05, 0) is 63.9 Å². The highest BCUT2D eigenvalue weighted by atomic mass is 35.5. The maximum absolute atomic E-state index is 13.2. The SMILES string of the molecule is Cc1c(C(=O)NN2CCCCC2)nn(-c2ccc(Cl)cc2Cl)c1-c1ccc(C#CCOC(C)C)s1.Cl. The fourth-order valence-corrected chi connectivity index (χ4v) is 5.35. The van der Waals surface area contributed by atoms with E-state index in [1.807, 2.05) is 44.0 Å². The molecule has 3 heterocycles. The van der Waals surface area contributed by atoms with Gasteiger partial charge in [0.05, 0.1) is 32.3 Å². The van der Waals surface area contributed by atoms with Gasteiger partial charge in [0.2, 0.25) is 0 Å². The Labute approximate surface area is 232 Å². The first-order valence-corrected chi connectivity index (χ1v) is 13.2. The van der Waals surface area contributed by atoms with Crippen LogP contribution in [0.2, 0.25) is 10.0 Å². The van der Waals surface area contributed by atoms with Gasteiger partial charge in [-0.2, -0.15) is 5.10 Å². The maximum atomic E-state index is 13.2.